The Kier molecular flexibility index (Phi) is 6.57. The molecule has 2 aliphatic rings. The number of ether oxygens (including phenoxy) is 2. The van der Waals surface area contributed by atoms with Crippen molar-refractivity contribution in [3.63, 3.8) is 0 Å². The monoisotopic (exact) mass is 532 g/mol. The van der Waals surface area contributed by atoms with Gasteiger partial charge in [-0.1, -0.05) is 25.1 Å². The van der Waals surface area contributed by atoms with E-state index in [0.29, 0.717) is 11.4 Å². The van der Waals surface area contributed by atoms with Crippen molar-refractivity contribution in [3.8, 4) is 5.75 Å². The summed E-state index contributed by atoms with van der Waals surface area (Å²) in [4.78, 5) is 35.3. The van der Waals surface area contributed by atoms with Crippen LogP contribution in [0.4, 0.5) is 5.95 Å². The first-order valence-electron chi connectivity index (χ1n) is 12.0. The number of nitrogen functional groups attached to an aromatic ring is 1. The molecule has 4 N–H and O–H groups in total. The number of nitrogens with two attached hydrogens (primary N) is 1. The Balaban J connectivity index is 1.33. The molecule has 1 saturated carbocycles. The number of aromatic amines is 1. The molecule has 2 aromatic heterocycles. The summed E-state index contributed by atoms with van der Waals surface area (Å²) in [5, 5.41) is 2.70. The number of nitrogens with one attached hydrogen (secondary N) is 2. The minimum atomic E-state index is -4.03. The van der Waals surface area contributed by atoms with E-state index >= 15 is 0 Å². The molecule has 1 saturated heterocycles. The number of carbonyl (C=O) groups is 1. The second-order valence-electron chi connectivity index (χ2n) is 9.51. The quantitative estimate of drug-likeness (QED) is 0.273. The molecule has 0 amide bonds. The maximum Gasteiger partial charge on any atom is 0.459 e. The van der Waals surface area contributed by atoms with Crippen molar-refractivity contribution < 1.29 is 27.9 Å². The number of imidazole rings is 1. The first-order chi connectivity index (χ1) is 17.6. The zero-order valence-corrected chi connectivity index (χ0v) is 21.6. The lowest BCUT2D eigenvalue weighted by Crippen LogP contribution is -2.36. The first-order valence-corrected chi connectivity index (χ1v) is 13.5. The van der Waals surface area contributed by atoms with E-state index < -0.39 is 37.6 Å². The minimum Gasteiger partial charge on any atom is -0.462 e. The number of benzene rings is 1. The van der Waals surface area contributed by atoms with Crippen LogP contribution < -0.4 is 20.9 Å². The molecule has 1 aromatic carbocycles. The second-order valence-corrected chi connectivity index (χ2v) is 11.2. The average molecular weight is 532 g/mol. The lowest BCUT2D eigenvalue weighted by molar-refractivity contribution is -0.149. The number of esters is 1. The van der Waals surface area contributed by atoms with Gasteiger partial charge in [0, 0.05) is 11.8 Å². The molecule has 0 spiro atoms. The normalized spacial score (nSPS) is 27.0. The third-order valence-corrected chi connectivity index (χ3v) is 7.98. The Bertz CT molecular complexity index is 1410. The van der Waals surface area contributed by atoms with Gasteiger partial charge in [0.1, 0.15) is 24.1 Å². The van der Waals surface area contributed by atoms with Gasteiger partial charge in [0.05, 0.1) is 18.5 Å². The van der Waals surface area contributed by atoms with Crippen molar-refractivity contribution >= 4 is 30.8 Å². The molecule has 1 aliphatic carbocycles. The van der Waals surface area contributed by atoms with Gasteiger partial charge in [0.25, 0.3) is 5.56 Å². The summed E-state index contributed by atoms with van der Waals surface area (Å²) in [6, 6.07) is 7.60. The lowest BCUT2D eigenvalue weighted by Gasteiger charge is -2.26. The summed E-state index contributed by atoms with van der Waals surface area (Å²) in [7, 11) is -4.03. The Labute approximate surface area is 212 Å². The van der Waals surface area contributed by atoms with Gasteiger partial charge in [-0.05, 0) is 32.9 Å². The number of carbonyl (C=O) groups excluding carboxylic acids is 1. The van der Waals surface area contributed by atoms with E-state index in [0.717, 1.165) is 0 Å². The van der Waals surface area contributed by atoms with Crippen LogP contribution in [0.1, 0.15) is 33.9 Å². The third-order valence-electron chi connectivity index (χ3n) is 6.31. The Morgan fingerprint density at radius 2 is 2.00 bits per heavy atom. The summed E-state index contributed by atoms with van der Waals surface area (Å²) in [5.74, 6) is -0.507. The van der Waals surface area contributed by atoms with Crippen LogP contribution in [0.3, 0.4) is 0 Å². The van der Waals surface area contributed by atoms with Gasteiger partial charge in [-0.2, -0.15) is 10.1 Å². The highest BCUT2D eigenvalue weighted by Gasteiger charge is 2.66. The Hall–Kier alpha value is -3.25. The van der Waals surface area contributed by atoms with E-state index in [1.54, 1.807) is 48.7 Å². The van der Waals surface area contributed by atoms with Crippen molar-refractivity contribution in [3.05, 3.63) is 47.0 Å². The molecule has 14 heteroatoms. The molecule has 5 rings (SSSR count). The van der Waals surface area contributed by atoms with Gasteiger partial charge in [-0.3, -0.25) is 23.7 Å². The number of anilines is 1. The molecule has 198 valence electrons. The van der Waals surface area contributed by atoms with E-state index in [1.165, 1.54) is 13.3 Å². The van der Waals surface area contributed by atoms with Gasteiger partial charge in [-0.25, -0.2) is 9.55 Å². The number of para-hydroxylation sites is 1. The highest BCUT2D eigenvalue weighted by molar-refractivity contribution is 7.52. The summed E-state index contributed by atoms with van der Waals surface area (Å²) >= 11 is 0. The van der Waals surface area contributed by atoms with Crippen LogP contribution in [-0.4, -0.2) is 49.8 Å². The topological polar surface area (TPSA) is 173 Å². The van der Waals surface area contributed by atoms with E-state index in [1.807, 2.05) is 6.92 Å². The largest absolute Gasteiger partial charge is 0.462 e. The van der Waals surface area contributed by atoms with Crippen LogP contribution in [0.15, 0.2) is 41.5 Å². The molecule has 3 heterocycles. The van der Waals surface area contributed by atoms with Crippen LogP contribution in [0.25, 0.3) is 11.2 Å². The van der Waals surface area contributed by atoms with Crippen LogP contribution in [-0.2, 0) is 23.4 Å². The molecule has 3 aromatic rings. The van der Waals surface area contributed by atoms with E-state index in [9.17, 15) is 14.2 Å². The summed E-state index contributed by atoms with van der Waals surface area (Å²) in [6.45, 7) is 6.94. The molecule has 13 nitrogen and oxygen atoms in total. The summed E-state index contributed by atoms with van der Waals surface area (Å²) in [6.07, 6.45) is -0.250. The van der Waals surface area contributed by atoms with Gasteiger partial charge in [0.15, 0.2) is 11.2 Å². The fraction of sp³-hybridized carbons (Fsp3) is 0.478. The van der Waals surface area contributed by atoms with Gasteiger partial charge in [0.2, 0.25) is 5.95 Å². The molecule has 1 aliphatic heterocycles. The number of fused-ring (bicyclic) bond motifs is 2. The van der Waals surface area contributed by atoms with Crippen LogP contribution in [0.2, 0.25) is 0 Å². The molecule has 0 radical (unpaired) electrons. The zero-order valence-electron chi connectivity index (χ0n) is 20.7. The second kappa shape index (κ2) is 9.56. The first kappa shape index (κ1) is 25.4. The van der Waals surface area contributed by atoms with Crippen molar-refractivity contribution in [2.75, 3.05) is 5.73 Å². The van der Waals surface area contributed by atoms with Crippen LogP contribution in [0.5, 0.6) is 5.75 Å². The number of H-pyrrole nitrogens is 1. The minimum absolute atomic E-state index is 0.0218. The summed E-state index contributed by atoms with van der Waals surface area (Å²) in [5.41, 5.74) is 5.75. The number of aromatic nitrogens is 4. The standard InChI is InChI=1S/C23H29N6O7P/c1-11(2)33-22(31)13(4)28-37(32,35-14-8-6-5-7-9-14)36-18-15-12(3)21(34-17(15)18)29-10-25-16-19(29)26-23(24)27-20(16)30/h5-13,15,17-18,21H,1-4H3,(H,28,32)(H3,24,26,27,30). The molecule has 7 unspecified atom stereocenters. The highest BCUT2D eigenvalue weighted by atomic mass is 31.2. The average Bonchev–Trinajstić information content (AvgIpc) is 3.12. The van der Waals surface area contributed by atoms with Gasteiger partial charge in [-0.15, -0.1) is 0 Å². The SMILES string of the molecule is CC(C)OC(=O)C(C)NP(=O)(Oc1ccccc1)OC1C2OC(n3cnc4c(=O)[nH]c(N)nc43)C(C)C21. The predicted octanol–water partition coefficient (Wildman–Crippen LogP) is 2.37. The number of hydrogen-bond donors (Lipinski definition) is 3. The number of rotatable bonds is 9. The molecular formula is C23H29N6O7P. The van der Waals surface area contributed by atoms with E-state index in [4.69, 9.17) is 24.3 Å². The van der Waals surface area contributed by atoms with E-state index in [2.05, 4.69) is 20.0 Å². The van der Waals surface area contributed by atoms with Gasteiger partial charge < -0.3 is 19.7 Å². The zero-order chi connectivity index (χ0) is 26.5. The molecular weight excluding hydrogens is 503 g/mol. The molecule has 7 atom stereocenters. The van der Waals surface area contributed by atoms with Crippen molar-refractivity contribution in [2.24, 2.45) is 11.8 Å². The molecule has 37 heavy (non-hydrogen) atoms. The van der Waals surface area contributed by atoms with Crippen molar-refractivity contribution in [1.29, 1.82) is 0 Å². The smallest absolute Gasteiger partial charge is 0.459 e. The maximum atomic E-state index is 13.8. The van der Waals surface area contributed by atoms with Gasteiger partial charge >= 0.3 is 13.7 Å². The Morgan fingerprint density at radius 3 is 2.65 bits per heavy atom. The van der Waals surface area contributed by atoms with E-state index in [-0.39, 0.29) is 35.5 Å². The fourth-order valence-corrected chi connectivity index (χ4v) is 6.30. The maximum absolute atomic E-state index is 13.8. The van der Waals surface area contributed by atoms with Crippen molar-refractivity contribution in [1.82, 2.24) is 24.6 Å². The predicted molar refractivity (Wildman–Crippen MR) is 133 cm³/mol. The lowest BCUT2D eigenvalue weighted by atomic mass is 10.1. The van der Waals surface area contributed by atoms with Crippen LogP contribution >= 0.6 is 7.75 Å². The Morgan fingerprint density at radius 1 is 1.27 bits per heavy atom. The molecule has 0 bridgehead atoms. The summed E-state index contributed by atoms with van der Waals surface area (Å²) < 4.78 is 38.6. The van der Waals surface area contributed by atoms with Crippen molar-refractivity contribution in [2.45, 2.75) is 58.3 Å². The highest BCUT2D eigenvalue weighted by Crippen LogP contribution is 2.61. The fourth-order valence-electron chi connectivity index (χ4n) is 4.58. The third kappa shape index (κ3) is 4.99. The molecule has 2 fully saturated rings. The number of hydrogen-bond acceptors (Lipinski definition) is 10. The number of nitrogens with zero attached hydrogens (tertiary/aromatic N) is 3. The van der Waals surface area contributed by atoms with Crippen LogP contribution in [0, 0.1) is 11.8 Å².